The molecule has 0 aliphatic rings. The maximum Gasteiger partial charge on any atom is 0.0361 e. The topological polar surface area (TPSA) is 0 Å². The molecule has 0 aliphatic carbocycles. The molecule has 0 unspecified atom stereocenters. The van der Waals surface area contributed by atoms with Crippen molar-refractivity contribution in [3.63, 3.8) is 0 Å². The first-order chi connectivity index (χ1) is 30.3. The number of fused-ring (bicyclic) bond motifs is 13. The summed E-state index contributed by atoms with van der Waals surface area (Å²) in [6.07, 6.45) is 0. The van der Waals surface area contributed by atoms with E-state index in [0.717, 1.165) is 0 Å². The van der Waals surface area contributed by atoms with Gasteiger partial charge in [0.1, 0.15) is 0 Å². The molecule has 1 aromatic heterocycles. The zero-order valence-corrected chi connectivity index (χ0v) is 34.0. The lowest BCUT2D eigenvalue weighted by molar-refractivity contribution is 1.59. The van der Waals surface area contributed by atoms with Gasteiger partial charge in [0.15, 0.2) is 0 Å². The van der Waals surface area contributed by atoms with Gasteiger partial charge < -0.3 is 0 Å². The van der Waals surface area contributed by atoms with Gasteiger partial charge in [-0.05, 0) is 127 Å². The summed E-state index contributed by atoms with van der Waals surface area (Å²) in [5, 5.41) is 18.1. The Morgan fingerprint density at radius 1 is 0.230 bits per heavy atom. The number of rotatable bonds is 4. The van der Waals surface area contributed by atoms with Crippen LogP contribution in [0.3, 0.4) is 0 Å². The molecule has 13 aromatic rings. The van der Waals surface area contributed by atoms with Crippen LogP contribution in [0.15, 0.2) is 218 Å². The standard InChI is InChI=1S/C60H36S/c1-2-16-44-37(13-1)31-34-56-60(44)54-33-30-41(36-57(54)61-56)59-52-23-11-9-21-50(52)58(51-22-10-12-24-53(51)59)39-27-25-38(26-28-39)42-14-3-4-15-43(42)40-29-32-49-47-19-6-5-17-45(47)46-18-7-8-20-48(46)55(49)35-40/h1-36H. The van der Waals surface area contributed by atoms with Crippen LogP contribution in [0, 0.1) is 0 Å². The van der Waals surface area contributed by atoms with Gasteiger partial charge in [-0.25, -0.2) is 0 Å². The second-order valence-electron chi connectivity index (χ2n) is 16.3. The molecule has 0 saturated carbocycles. The quantitative estimate of drug-likeness (QED) is 0.123. The van der Waals surface area contributed by atoms with Crippen LogP contribution in [-0.4, -0.2) is 0 Å². The number of benzene rings is 12. The summed E-state index contributed by atoms with van der Waals surface area (Å²) in [4.78, 5) is 0. The van der Waals surface area contributed by atoms with Gasteiger partial charge in [-0.15, -0.1) is 11.3 Å². The fourth-order valence-electron chi connectivity index (χ4n) is 10.3. The van der Waals surface area contributed by atoms with Gasteiger partial charge in [-0.2, -0.15) is 0 Å². The van der Waals surface area contributed by atoms with E-state index >= 15 is 0 Å². The van der Waals surface area contributed by atoms with E-state index in [0.29, 0.717) is 0 Å². The SMILES string of the molecule is c1ccc(-c2ccc3c4ccccc4c4ccccc4c3c2)c(-c2ccc(-c3c4ccccc4c(-c4ccc5c(c4)sc4ccc6ccccc6c45)c4ccccc34)cc2)c1. The third-order valence-electron chi connectivity index (χ3n) is 13.0. The van der Waals surface area contributed by atoms with Crippen LogP contribution < -0.4 is 0 Å². The molecule has 0 nitrogen and oxygen atoms in total. The van der Waals surface area contributed by atoms with E-state index in [4.69, 9.17) is 0 Å². The second-order valence-corrected chi connectivity index (χ2v) is 17.4. The van der Waals surface area contributed by atoms with Gasteiger partial charge in [0.05, 0.1) is 0 Å². The van der Waals surface area contributed by atoms with E-state index in [1.54, 1.807) is 0 Å². The van der Waals surface area contributed by atoms with Crippen molar-refractivity contribution in [2.45, 2.75) is 0 Å². The maximum atomic E-state index is 2.43. The number of hydrogen-bond acceptors (Lipinski definition) is 1. The minimum Gasteiger partial charge on any atom is -0.135 e. The molecule has 1 heterocycles. The van der Waals surface area contributed by atoms with Crippen LogP contribution >= 0.6 is 11.3 Å². The average Bonchev–Trinajstić information content (AvgIpc) is 3.72. The Bertz CT molecular complexity index is 3830. The van der Waals surface area contributed by atoms with Crippen molar-refractivity contribution >= 4 is 96.1 Å². The Kier molecular flexibility index (Phi) is 7.58. The van der Waals surface area contributed by atoms with E-state index in [1.807, 2.05) is 11.3 Å². The molecule has 0 N–H and O–H groups in total. The molecule has 0 spiro atoms. The van der Waals surface area contributed by atoms with E-state index in [2.05, 4.69) is 218 Å². The van der Waals surface area contributed by atoms with Gasteiger partial charge >= 0.3 is 0 Å². The van der Waals surface area contributed by atoms with Crippen molar-refractivity contribution in [1.82, 2.24) is 0 Å². The van der Waals surface area contributed by atoms with Gasteiger partial charge in [0, 0.05) is 20.2 Å². The molecule has 0 atom stereocenters. The van der Waals surface area contributed by atoms with Crippen LogP contribution in [-0.2, 0) is 0 Å². The fourth-order valence-corrected chi connectivity index (χ4v) is 11.5. The van der Waals surface area contributed by atoms with Crippen LogP contribution in [0.5, 0.6) is 0 Å². The molecule has 1 heteroatoms. The molecule has 0 amide bonds. The third kappa shape index (κ3) is 5.24. The Morgan fingerprint density at radius 3 is 1.28 bits per heavy atom. The summed E-state index contributed by atoms with van der Waals surface area (Å²) in [7, 11) is 0. The smallest absolute Gasteiger partial charge is 0.0361 e. The molecule has 61 heavy (non-hydrogen) atoms. The molecular formula is C60H36S. The Morgan fingerprint density at radius 2 is 0.656 bits per heavy atom. The van der Waals surface area contributed by atoms with Crippen LogP contribution in [0.4, 0.5) is 0 Å². The van der Waals surface area contributed by atoms with Crippen molar-refractivity contribution in [1.29, 1.82) is 0 Å². The predicted octanol–water partition coefficient (Wildman–Crippen LogP) is 17.6. The largest absolute Gasteiger partial charge is 0.135 e. The van der Waals surface area contributed by atoms with Crippen molar-refractivity contribution in [3.8, 4) is 44.5 Å². The Labute approximate surface area is 357 Å². The lowest BCUT2D eigenvalue weighted by Crippen LogP contribution is -1.91. The lowest BCUT2D eigenvalue weighted by Gasteiger charge is -2.18. The van der Waals surface area contributed by atoms with Crippen molar-refractivity contribution in [2.75, 3.05) is 0 Å². The van der Waals surface area contributed by atoms with Gasteiger partial charge in [-0.3, -0.25) is 0 Å². The van der Waals surface area contributed by atoms with E-state index < -0.39 is 0 Å². The van der Waals surface area contributed by atoms with Crippen LogP contribution in [0.25, 0.3) is 129 Å². The van der Waals surface area contributed by atoms with Crippen molar-refractivity contribution in [3.05, 3.63) is 218 Å². The molecule has 0 saturated heterocycles. The summed E-state index contributed by atoms with van der Waals surface area (Å²) in [5.74, 6) is 0. The van der Waals surface area contributed by atoms with Crippen LogP contribution in [0.2, 0.25) is 0 Å². The zero-order chi connectivity index (χ0) is 40.0. The van der Waals surface area contributed by atoms with Gasteiger partial charge in [0.2, 0.25) is 0 Å². The molecule has 282 valence electrons. The summed E-state index contributed by atoms with van der Waals surface area (Å²) < 4.78 is 2.66. The molecular weight excluding hydrogens is 753 g/mol. The second kappa shape index (κ2) is 13.5. The summed E-state index contributed by atoms with van der Waals surface area (Å²) in [6.45, 7) is 0. The molecule has 13 rings (SSSR count). The molecule has 12 aromatic carbocycles. The normalized spacial score (nSPS) is 11.9. The lowest BCUT2D eigenvalue weighted by atomic mass is 9.85. The van der Waals surface area contributed by atoms with E-state index in [-0.39, 0.29) is 0 Å². The minimum absolute atomic E-state index is 1.21. The first-order valence-electron chi connectivity index (χ1n) is 21.1. The van der Waals surface area contributed by atoms with E-state index in [9.17, 15) is 0 Å². The summed E-state index contributed by atoms with van der Waals surface area (Å²) >= 11 is 1.90. The monoisotopic (exact) mass is 788 g/mol. The van der Waals surface area contributed by atoms with E-state index in [1.165, 1.54) is 129 Å². The number of thiophene rings is 1. The molecule has 0 aliphatic heterocycles. The fraction of sp³-hybridized carbons (Fsp3) is 0. The summed E-state index contributed by atoms with van der Waals surface area (Å²) in [6, 6.07) is 81.2. The highest BCUT2D eigenvalue weighted by Crippen LogP contribution is 2.47. The highest BCUT2D eigenvalue weighted by atomic mass is 32.1. The first kappa shape index (κ1) is 34.3. The van der Waals surface area contributed by atoms with Crippen LogP contribution in [0.1, 0.15) is 0 Å². The maximum absolute atomic E-state index is 2.43. The number of hydrogen-bond donors (Lipinski definition) is 0. The predicted molar refractivity (Wildman–Crippen MR) is 266 cm³/mol. The summed E-state index contributed by atoms with van der Waals surface area (Å²) in [5.41, 5.74) is 9.94. The Hall–Kier alpha value is -7.58. The Balaban J connectivity index is 0.942. The minimum atomic E-state index is 1.21. The van der Waals surface area contributed by atoms with Gasteiger partial charge in [0.25, 0.3) is 0 Å². The highest BCUT2D eigenvalue weighted by molar-refractivity contribution is 7.26. The molecule has 0 bridgehead atoms. The van der Waals surface area contributed by atoms with Gasteiger partial charge in [-0.1, -0.05) is 200 Å². The molecule has 0 fully saturated rings. The highest BCUT2D eigenvalue weighted by Gasteiger charge is 2.19. The zero-order valence-electron chi connectivity index (χ0n) is 33.2. The van der Waals surface area contributed by atoms with Crippen molar-refractivity contribution in [2.24, 2.45) is 0 Å². The van der Waals surface area contributed by atoms with Crippen molar-refractivity contribution < 1.29 is 0 Å². The first-order valence-corrected chi connectivity index (χ1v) is 21.9. The molecule has 0 radical (unpaired) electrons. The average molecular weight is 789 g/mol. The third-order valence-corrected chi connectivity index (χ3v) is 14.2.